The van der Waals surface area contributed by atoms with Crippen LogP contribution in [0.25, 0.3) is 0 Å². The molecule has 0 bridgehead atoms. The summed E-state index contributed by atoms with van der Waals surface area (Å²) in [5.41, 5.74) is 0.575. The quantitative estimate of drug-likeness (QED) is 0.817. The average Bonchev–Trinajstić information content (AvgIpc) is 2.55. The Morgan fingerprint density at radius 2 is 2.04 bits per heavy atom. The minimum absolute atomic E-state index is 0.285. The molecule has 3 heterocycles. The van der Waals surface area contributed by atoms with Crippen LogP contribution in [-0.4, -0.2) is 62.5 Å². The second-order valence-electron chi connectivity index (χ2n) is 6.43. The number of rotatable bonds is 3. The number of aromatic nitrogens is 1. The van der Waals surface area contributed by atoms with E-state index in [1.165, 1.54) is 0 Å². The second kappa shape index (κ2) is 6.85. The molecule has 0 spiro atoms. The van der Waals surface area contributed by atoms with Crippen LogP contribution in [0.5, 0.6) is 0 Å². The molecule has 6 nitrogen and oxygen atoms in total. The molecule has 3 rings (SSSR count). The van der Waals surface area contributed by atoms with Gasteiger partial charge in [-0.3, -0.25) is 4.90 Å². The molecular formula is C16H22N4O2S. The van der Waals surface area contributed by atoms with Gasteiger partial charge in [-0.25, -0.2) is 13.4 Å². The van der Waals surface area contributed by atoms with Gasteiger partial charge in [0.1, 0.15) is 11.9 Å². The smallest absolute Gasteiger partial charge is 0.150 e. The molecule has 7 heteroatoms. The molecule has 0 amide bonds. The van der Waals surface area contributed by atoms with E-state index in [4.69, 9.17) is 5.26 Å². The van der Waals surface area contributed by atoms with Gasteiger partial charge in [0.15, 0.2) is 9.84 Å². The number of hydrogen-bond acceptors (Lipinski definition) is 6. The highest BCUT2D eigenvalue weighted by atomic mass is 32.2. The van der Waals surface area contributed by atoms with Gasteiger partial charge in [0.2, 0.25) is 0 Å². The van der Waals surface area contributed by atoms with Crippen LogP contribution in [0.1, 0.15) is 18.4 Å². The monoisotopic (exact) mass is 334 g/mol. The van der Waals surface area contributed by atoms with Gasteiger partial charge in [-0.1, -0.05) is 0 Å². The molecule has 2 fully saturated rings. The Morgan fingerprint density at radius 1 is 1.26 bits per heavy atom. The summed E-state index contributed by atoms with van der Waals surface area (Å²) in [7, 11) is -2.82. The Hall–Kier alpha value is -1.65. The van der Waals surface area contributed by atoms with Crippen LogP contribution in [0.15, 0.2) is 18.3 Å². The first kappa shape index (κ1) is 16.2. The third-order valence-electron chi connectivity index (χ3n) is 4.65. The van der Waals surface area contributed by atoms with Gasteiger partial charge < -0.3 is 4.90 Å². The second-order valence-corrected chi connectivity index (χ2v) is 8.66. The van der Waals surface area contributed by atoms with Gasteiger partial charge in [-0.15, -0.1) is 0 Å². The maximum absolute atomic E-state index is 11.7. The number of pyridine rings is 1. The minimum Gasteiger partial charge on any atom is -0.354 e. The first-order valence-corrected chi connectivity index (χ1v) is 9.92. The van der Waals surface area contributed by atoms with E-state index in [-0.39, 0.29) is 5.92 Å². The van der Waals surface area contributed by atoms with Crippen molar-refractivity contribution in [1.29, 1.82) is 5.26 Å². The van der Waals surface area contributed by atoms with E-state index in [2.05, 4.69) is 20.9 Å². The molecule has 0 aliphatic carbocycles. The molecule has 2 aliphatic heterocycles. The Balaban J connectivity index is 1.51. The van der Waals surface area contributed by atoms with Crippen molar-refractivity contribution in [2.45, 2.75) is 12.8 Å². The summed E-state index contributed by atoms with van der Waals surface area (Å²) in [6.45, 7) is 4.51. The standard InChI is InChI=1S/C16H22N4O2S/c17-10-14-3-4-16(18-11-14)20-7-5-19(6-8-20)12-15-2-1-9-23(21,22)13-15/h3-4,11,15H,1-2,5-9,12-13H2/t15-/m0/s1. The van der Waals surface area contributed by atoms with E-state index in [0.29, 0.717) is 17.1 Å². The zero-order valence-corrected chi connectivity index (χ0v) is 14.0. The summed E-state index contributed by atoms with van der Waals surface area (Å²) >= 11 is 0. The van der Waals surface area contributed by atoms with Crippen molar-refractivity contribution >= 4 is 15.7 Å². The Kier molecular flexibility index (Phi) is 4.83. The van der Waals surface area contributed by atoms with Gasteiger partial charge >= 0.3 is 0 Å². The molecule has 0 aromatic carbocycles. The lowest BCUT2D eigenvalue weighted by Crippen LogP contribution is -2.49. The maximum atomic E-state index is 11.7. The van der Waals surface area contributed by atoms with Crippen LogP contribution in [0.3, 0.4) is 0 Å². The van der Waals surface area contributed by atoms with E-state index < -0.39 is 9.84 Å². The fourth-order valence-corrected chi connectivity index (χ4v) is 5.19. The molecule has 0 N–H and O–H groups in total. The first-order chi connectivity index (χ1) is 11.1. The summed E-state index contributed by atoms with van der Waals surface area (Å²) < 4.78 is 23.5. The van der Waals surface area contributed by atoms with Crippen LogP contribution in [0, 0.1) is 17.2 Å². The van der Waals surface area contributed by atoms with Gasteiger partial charge in [0.05, 0.1) is 17.1 Å². The summed E-state index contributed by atoms with van der Waals surface area (Å²) in [5, 5.41) is 8.81. The molecule has 0 radical (unpaired) electrons. The van der Waals surface area contributed by atoms with Gasteiger partial charge in [-0.2, -0.15) is 5.26 Å². The molecule has 0 unspecified atom stereocenters. The summed E-state index contributed by atoms with van der Waals surface area (Å²) in [6.07, 6.45) is 3.44. The predicted molar refractivity (Wildman–Crippen MR) is 89.0 cm³/mol. The fraction of sp³-hybridized carbons (Fsp3) is 0.625. The van der Waals surface area contributed by atoms with Crippen LogP contribution in [0.2, 0.25) is 0 Å². The SMILES string of the molecule is N#Cc1ccc(N2CCN(C[C@@H]3CCCS(=O)(=O)C3)CC2)nc1. The predicted octanol–water partition coefficient (Wildman–Crippen LogP) is 0.900. The van der Waals surface area contributed by atoms with E-state index in [9.17, 15) is 8.42 Å². The Bertz CT molecular complexity index is 673. The van der Waals surface area contributed by atoms with Crippen molar-refractivity contribution in [2.75, 3.05) is 49.1 Å². The summed E-state index contributed by atoms with van der Waals surface area (Å²) in [4.78, 5) is 8.92. The van der Waals surface area contributed by atoms with Crippen molar-refractivity contribution in [3.8, 4) is 6.07 Å². The van der Waals surface area contributed by atoms with Crippen LogP contribution in [-0.2, 0) is 9.84 Å². The van der Waals surface area contributed by atoms with E-state index in [1.54, 1.807) is 12.3 Å². The number of nitrogens with zero attached hydrogens (tertiary/aromatic N) is 4. The van der Waals surface area contributed by atoms with Crippen molar-refractivity contribution in [2.24, 2.45) is 5.92 Å². The van der Waals surface area contributed by atoms with Crippen molar-refractivity contribution in [3.05, 3.63) is 23.9 Å². The minimum atomic E-state index is -2.82. The number of sulfone groups is 1. The third kappa shape index (κ3) is 4.21. The van der Waals surface area contributed by atoms with Gasteiger partial charge in [-0.05, 0) is 30.9 Å². The van der Waals surface area contributed by atoms with Gasteiger partial charge in [0, 0.05) is 38.9 Å². The molecule has 2 saturated heterocycles. The van der Waals surface area contributed by atoms with Gasteiger partial charge in [0.25, 0.3) is 0 Å². The normalized spacial score (nSPS) is 25.0. The number of hydrogen-bond donors (Lipinski definition) is 0. The number of anilines is 1. The van der Waals surface area contributed by atoms with Crippen molar-refractivity contribution < 1.29 is 8.42 Å². The van der Waals surface area contributed by atoms with Crippen molar-refractivity contribution in [1.82, 2.24) is 9.88 Å². The Morgan fingerprint density at radius 3 is 2.65 bits per heavy atom. The fourth-order valence-electron chi connectivity index (χ4n) is 3.43. The molecule has 1 aromatic heterocycles. The lowest BCUT2D eigenvalue weighted by Gasteiger charge is -2.37. The van der Waals surface area contributed by atoms with Crippen molar-refractivity contribution in [3.63, 3.8) is 0 Å². The van der Waals surface area contributed by atoms with Crippen LogP contribution in [0.4, 0.5) is 5.82 Å². The maximum Gasteiger partial charge on any atom is 0.150 e. The largest absolute Gasteiger partial charge is 0.354 e. The topological polar surface area (TPSA) is 77.3 Å². The highest BCUT2D eigenvalue weighted by Crippen LogP contribution is 2.21. The highest BCUT2D eigenvalue weighted by molar-refractivity contribution is 7.91. The lowest BCUT2D eigenvalue weighted by molar-refractivity contribution is 0.218. The first-order valence-electron chi connectivity index (χ1n) is 8.09. The summed E-state index contributed by atoms with van der Waals surface area (Å²) in [5.74, 6) is 1.91. The lowest BCUT2D eigenvalue weighted by atomic mass is 10.0. The molecule has 124 valence electrons. The number of nitriles is 1. The molecule has 0 saturated carbocycles. The summed E-state index contributed by atoms with van der Waals surface area (Å²) in [6, 6.07) is 5.76. The van der Waals surface area contributed by atoms with E-state index >= 15 is 0 Å². The molecular weight excluding hydrogens is 312 g/mol. The molecule has 1 aromatic rings. The average molecular weight is 334 g/mol. The third-order valence-corrected chi connectivity index (χ3v) is 6.54. The zero-order valence-electron chi connectivity index (χ0n) is 13.2. The molecule has 1 atom stereocenters. The highest BCUT2D eigenvalue weighted by Gasteiger charge is 2.27. The van der Waals surface area contributed by atoms with E-state index in [0.717, 1.165) is 51.4 Å². The Labute approximate surface area is 137 Å². The van der Waals surface area contributed by atoms with E-state index in [1.807, 2.05) is 6.07 Å². The molecule has 23 heavy (non-hydrogen) atoms. The number of piperazine rings is 1. The van der Waals surface area contributed by atoms with Crippen LogP contribution < -0.4 is 4.90 Å². The zero-order chi connectivity index (χ0) is 16.3. The van der Waals surface area contributed by atoms with Crippen LogP contribution >= 0.6 is 0 Å². The molecule has 2 aliphatic rings.